The molecule has 1 N–H and O–H groups in total. The van der Waals surface area contributed by atoms with Gasteiger partial charge in [0.25, 0.3) is 5.69 Å². The van der Waals surface area contributed by atoms with Crippen LogP contribution in [0.1, 0.15) is 5.56 Å². The van der Waals surface area contributed by atoms with Crippen molar-refractivity contribution < 1.29 is 14.8 Å². The number of nitro groups is 1. The van der Waals surface area contributed by atoms with Gasteiger partial charge in [-0.25, -0.2) is 0 Å². The van der Waals surface area contributed by atoms with Crippen LogP contribution in [0.2, 0.25) is 0 Å². The lowest BCUT2D eigenvalue weighted by atomic mass is 10.1. The summed E-state index contributed by atoms with van der Waals surface area (Å²) in [5.41, 5.74) is 2.42. The molecule has 0 amide bonds. The summed E-state index contributed by atoms with van der Waals surface area (Å²) in [5.74, 6) is 0.670. The second-order valence-corrected chi connectivity index (χ2v) is 4.83. The number of non-ortho nitro benzene ring substituents is 1. The lowest BCUT2D eigenvalue weighted by Crippen LogP contribution is -1.93. The lowest BCUT2D eigenvalue weighted by Gasteiger charge is -2.07. The maximum Gasteiger partial charge on any atom is 0.270 e. The largest absolute Gasteiger partial charge is 0.495 e. The highest BCUT2D eigenvalue weighted by Crippen LogP contribution is 2.37. The van der Waals surface area contributed by atoms with Crippen LogP contribution in [0.15, 0.2) is 30.3 Å². The number of nitrogens with zero attached hydrogens (tertiary/aromatic N) is 2. The maximum absolute atomic E-state index is 11.0. The minimum atomic E-state index is -0.420. The zero-order valence-electron chi connectivity index (χ0n) is 11.7. The Morgan fingerprint density at radius 3 is 2.71 bits per heavy atom. The van der Waals surface area contributed by atoms with E-state index in [2.05, 4.69) is 0 Å². The number of nitro benzene ring substituents is 1. The monoisotopic (exact) mass is 286 g/mol. The van der Waals surface area contributed by atoms with Crippen molar-refractivity contribution in [1.82, 2.24) is 4.57 Å². The molecule has 0 unspecified atom stereocenters. The van der Waals surface area contributed by atoms with Crippen LogP contribution < -0.4 is 4.74 Å². The van der Waals surface area contributed by atoms with E-state index in [9.17, 15) is 15.2 Å². The molecule has 2 aromatic carbocycles. The van der Waals surface area contributed by atoms with Gasteiger partial charge >= 0.3 is 0 Å². The van der Waals surface area contributed by atoms with Crippen molar-refractivity contribution in [2.45, 2.75) is 6.61 Å². The Morgan fingerprint density at radius 2 is 2.10 bits per heavy atom. The molecule has 0 fully saturated rings. The molecule has 21 heavy (non-hydrogen) atoms. The average molecular weight is 286 g/mol. The Hall–Kier alpha value is -2.60. The van der Waals surface area contributed by atoms with E-state index >= 15 is 0 Å². The highest BCUT2D eigenvalue weighted by atomic mass is 16.6. The molecule has 0 radical (unpaired) electrons. The van der Waals surface area contributed by atoms with Gasteiger partial charge in [-0.3, -0.25) is 10.1 Å². The Kier molecular flexibility index (Phi) is 3.03. The number of ether oxygens (including phenoxy) is 1. The van der Waals surface area contributed by atoms with Crippen LogP contribution in [0.5, 0.6) is 5.75 Å². The minimum absolute atomic E-state index is 0.0294. The van der Waals surface area contributed by atoms with Crippen molar-refractivity contribution >= 4 is 27.5 Å². The molecule has 3 rings (SSSR count). The Morgan fingerprint density at radius 1 is 1.33 bits per heavy atom. The molecule has 1 heterocycles. The summed E-state index contributed by atoms with van der Waals surface area (Å²) in [4.78, 5) is 10.6. The number of aliphatic hydroxyl groups excluding tert-OH is 1. The zero-order chi connectivity index (χ0) is 15.1. The average Bonchev–Trinajstić information content (AvgIpc) is 2.80. The van der Waals surface area contributed by atoms with Gasteiger partial charge in [-0.15, -0.1) is 0 Å². The second-order valence-electron chi connectivity index (χ2n) is 4.83. The summed E-state index contributed by atoms with van der Waals surface area (Å²) in [6.07, 6.45) is 0. The van der Waals surface area contributed by atoms with Crippen LogP contribution in [0, 0.1) is 10.1 Å². The molecule has 0 aliphatic rings. The van der Waals surface area contributed by atoms with Gasteiger partial charge in [0.2, 0.25) is 0 Å². The highest BCUT2D eigenvalue weighted by molar-refractivity contribution is 6.12. The summed E-state index contributed by atoms with van der Waals surface area (Å²) in [6.45, 7) is -0.137. The Balaban J connectivity index is 2.54. The van der Waals surface area contributed by atoms with Crippen LogP contribution >= 0.6 is 0 Å². The van der Waals surface area contributed by atoms with Crippen molar-refractivity contribution in [2.24, 2.45) is 7.05 Å². The fourth-order valence-corrected chi connectivity index (χ4v) is 2.79. The number of aromatic nitrogens is 1. The molecule has 3 aromatic rings. The van der Waals surface area contributed by atoms with Crippen LogP contribution in [-0.4, -0.2) is 21.7 Å². The summed E-state index contributed by atoms with van der Waals surface area (Å²) in [5, 5.41) is 22.1. The number of hydrogen-bond donors (Lipinski definition) is 1. The van der Waals surface area contributed by atoms with Crippen molar-refractivity contribution in [1.29, 1.82) is 0 Å². The molecule has 108 valence electrons. The zero-order valence-corrected chi connectivity index (χ0v) is 11.7. The first-order chi connectivity index (χ1) is 10.1. The van der Waals surface area contributed by atoms with E-state index in [0.29, 0.717) is 5.75 Å². The number of hydrogen-bond acceptors (Lipinski definition) is 4. The fourth-order valence-electron chi connectivity index (χ4n) is 2.79. The third-order valence-electron chi connectivity index (χ3n) is 3.77. The van der Waals surface area contributed by atoms with Crippen LogP contribution in [0.3, 0.4) is 0 Å². The van der Waals surface area contributed by atoms with Crippen LogP contribution in [0.4, 0.5) is 5.69 Å². The van der Waals surface area contributed by atoms with E-state index in [4.69, 9.17) is 4.74 Å². The molecule has 0 atom stereocenters. The van der Waals surface area contributed by atoms with Crippen molar-refractivity contribution in [3.8, 4) is 5.75 Å². The van der Waals surface area contributed by atoms with Gasteiger partial charge in [-0.2, -0.15) is 0 Å². The topological polar surface area (TPSA) is 77.5 Å². The fraction of sp³-hybridized carbons (Fsp3) is 0.200. The molecule has 0 bridgehead atoms. The molecule has 6 nitrogen and oxygen atoms in total. The normalized spacial score (nSPS) is 11.2. The van der Waals surface area contributed by atoms with Crippen molar-refractivity contribution in [3.05, 3.63) is 46.0 Å². The van der Waals surface area contributed by atoms with Gasteiger partial charge in [-0.1, -0.05) is 6.07 Å². The standard InChI is InChI=1S/C15H14N2O4/c1-16-12-5-4-10(17(19)20)7-11(12)14-9(8-18)3-6-13(21-2)15(14)16/h3-7,18H,8H2,1-2H3. The Bertz CT molecular complexity index is 867. The van der Waals surface area contributed by atoms with E-state index < -0.39 is 4.92 Å². The number of aliphatic hydroxyl groups is 1. The van der Waals surface area contributed by atoms with Gasteiger partial charge in [0, 0.05) is 35.5 Å². The second kappa shape index (κ2) is 4.75. The highest BCUT2D eigenvalue weighted by Gasteiger charge is 2.18. The summed E-state index contributed by atoms with van der Waals surface area (Å²) in [7, 11) is 3.45. The van der Waals surface area contributed by atoms with E-state index in [1.54, 1.807) is 25.3 Å². The lowest BCUT2D eigenvalue weighted by molar-refractivity contribution is -0.384. The van der Waals surface area contributed by atoms with E-state index in [0.717, 1.165) is 27.4 Å². The van der Waals surface area contributed by atoms with E-state index in [-0.39, 0.29) is 12.3 Å². The molecule has 0 saturated heterocycles. The van der Waals surface area contributed by atoms with Crippen molar-refractivity contribution in [3.63, 3.8) is 0 Å². The van der Waals surface area contributed by atoms with Gasteiger partial charge in [0.1, 0.15) is 5.75 Å². The number of methoxy groups -OCH3 is 1. The van der Waals surface area contributed by atoms with Gasteiger partial charge < -0.3 is 14.4 Å². The predicted octanol–water partition coefficient (Wildman–Crippen LogP) is 2.74. The van der Waals surface area contributed by atoms with Crippen LogP contribution in [0.25, 0.3) is 21.8 Å². The molecule has 1 aromatic heterocycles. The first-order valence-corrected chi connectivity index (χ1v) is 6.41. The maximum atomic E-state index is 11.0. The molecule has 0 aliphatic carbocycles. The smallest absolute Gasteiger partial charge is 0.270 e. The molecular weight excluding hydrogens is 272 g/mol. The summed E-state index contributed by atoms with van der Waals surface area (Å²) >= 11 is 0. The minimum Gasteiger partial charge on any atom is -0.495 e. The molecule has 0 saturated carbocycles. The van der Waals surface area contributed by atoms with Gasteiger partial charge in [-0.05, 0) is 17.7 Å². The predicted molar refractivity (Wildman–Crippen MR) is 79.6 cm³/mol. The third-order valence-corrected chi connectivity index (χ3v) is 3.77. The number of benzene rings is 2. The number of fused-ring (bicyclic) bond motifs is 3. The SMILES string of the molecule is COc1ccc(CO)c2c3cc([N+](=O)[O-])ccc3n(C)c12. The molecular formula is C15H14N2O4. The number of rotatable bonds is 3. The molecule has 0 spiro atoms. The van der Waals surface area contributed by atoms with Gasteiger partial charge in [0.05, 0.1) is 24.2 Å². The molecule has 6 heteroatoms. The van der Waals surface area contributed by atoms with Crippen LogP contribution in [-0.2, 0) is 13.7 Å². The van der Waals surface area contributed by atoms with Gasteiger partial charge in [0.15, 0.2) is 0 Å². The number of aryl methyl sites for hydroxylation is 1. The summed E-state index contributed by atoms with van der Waals surface area (Å²) < 4.78 is 7.30. The van der Waals surface area contributed by atoms with E-state index in [1.807, 2.05) is 11.6 Å². The third kappa shape index (κ3) is 1.84. The van der Waals surface area contributed by atoms with Crippen molar-refractivity contribution in [2.75, 3.05) is 7.11 Å². The Labute approximate surface area is 120 Å². The van der Waals surface area contributed by atoms with E-state index in [1.165, 1.54) is 12.1 Å². The summed E-state index contributed by atoms with van der Waals surface area (Å²) in [6, 6.07) is 8.30. The first-order valence-electron chi connectivity index (χ1n) is 6.41. The first kappa shape index (κ1) is 13.4. The quantitative estimate of drug-likeness (QED) is 0.593. The molecule has 0 aliphatic heterocycles.